The minimum absolute atomic E-state index is 0.475. The number of carbonyl (C=O) groups excluding carboxylic acids is 1. The van der Waals surface area contributed by atoms with Gasteiger partial charge in [0.1, 0.15) is 0 Å². The van der Waals surface area contributed by atoms with Crippen molar-refractivity contribution in [2.45, 2.75) is 19.6 Å². The van der Waals surface area contributed by atoms with E-state index in [9.17, 15) is 4.79 Å². The van der Waals surface area contributed by atoms with Gasteiger partial charge in [-0.3, -0.25) is 5.73 Å². The van der Waals surface area contributed by atoms with Gasteiger partial charge in [-0.05, 0) is 6.42 Å². The van der Waals surface area contributed by atoms with Gasteiger partial charge in [0.2, 0.25) is 0 Å². The predicted molar refractivity (Wildman–Crippen MR) is 25.0 cm³/mol. The maximum Gasteiger partial charge on any atom is 0.419 e. The molecule has 1 radical (unpaired) electrons. The van der Waals surface area contributed by atoms with E-state index in [2.05, 4.69) is 4.74 Å². The lowest BCUT2D eigenvalue weighted by Crippen LogP contribution is -2.21. The molecule has 0 aliphatic rings. The van der Waals surface area contributed by atoms with Gasteiger partial charge in [0.05, 0.1) is 0 Å². The molecule has 1 unspecified atom stereocenters. The highest BCUT2D eigenvalue weighted by atomic mass is 16.5. The van der Waals surface area contributed by atoms with Crippen LogP contribution in [0.1, 0.15) is 13.3 Å². The summed E-state index contributed by atoms with van der Waals surface area (Å²) in [5, 5.41) is 0. The Morgan fingerprint density at radius 3 is 2.71 bits per heavy atom. The van der Waals surface area contributed by atoms with Crippen LogP contribution in [0.4, 0.5) is 0 Å². The number of hydrogen-bond acceptors (Lipinski definition) is 3. The monoisotopic (exact) mass is 102 g/mol. The zero-order valence-corrected chi connectivity index (χ0v) is 4.18. The van der Waals surface area contributed by atoms with Crippen LogP contribution in [-0.2, 0) is 9.53 Å². The van der Waals surface area contributed by atoms with Crippen LogP contribution >= 0.6 is 0 Å². The van der Waals surface area contributed by atoms with E-state index >= 15 is 0 Å². The average molecular weight is 102 g/mol. The fraction of sp³-hybridized carbons (Fsp3) is 0.750. The van der Waals surface area contributed by atoms with Crippen molar-refractivity contribution in [3.05, 3.63) is 0 Å². The quantitative estimate of drug-likeness (QED) is 0.500. The van der Waals surface area contributed by atoms with Gasteiger partial charge in [0.15, 0.2) is 6.23 Å². The second-order valence-electron chi connectivity index (χ2n) is 1.15. The van der Waals surface area contributed by atoms with Crippen LogP contribution in [0.2, 0.25) is 0 Å². The van der Waals surface area contributed by atoms with Crippen LogP contribution in [0.15, 0.2) is 0 Å². The third kappa shape index (κ3) is 3.26. The highest BCUT2D eigenvalue weighted by Crippen LogP contribution is 1.82. The van der Waals surface area contributed by atoms with E-state index in [0.717, 1.165) is 0 Å². The molecule has 0 bridgehead atoms. The number of rotatable bonds is 3. The van der Waals surface area contributed by atoms with Crippen LogP contribution in [0, 0.1) is 0 Å². The van der Waals surface area contributed by atoms with E-state index in [1.165, 1.54) is 6.47 Å². The van der Waals surface area contributed by atoms with Gasteiger partial charge >= 0.3 is 6.47 Å². The molecule has 3 nitrogen and oxygen atoms in total. The van der Waals surface area contributed by atoms with E-state index in [1.54, 1.807) is 0 Å². The third-order valence-electron chi connectivity index (χ3n) is 0.602. The topological polar surface area (TPSA) is 52.3 Å². The first kappa shape index (κ1) is 6.43. The summed E-state index contributed by atoms with van der Waals surface area (Å²) < 4.78 is 4.16. The molecule has 1 atom stereocenters. The van der Waals surface area contributed by atoms with Crippen molar-refractivity contribution in [3.8, 4) is 0 Å². The first-order valence-corrected chi connectivity index (χ1v) is 2.09. The summed E-state index contributed by atoms with van der Waals surface area (Å²) in [4.78, 5) is 9.35. The van der Waals surface area contributed by atoms with Crippen LogP contribution in [-0.4, -0.2) is 12.7 Å². The van der Waals surface area contributed by atoms with Crippen molar-refractivity contribution < 1.29 is 9.53 Å². The van der Waals surface area contributed by atoms with Crippen molar-refractivity contribution in [3.63, 3.8) is 0 Å². The largest absolute Gasteiger partial charge is 0.438 e. The van der Waals surface area contributed by atoms with E-state index in [-0.39, 0.29) is 0 Å². The summed E-state index contributed by atoms with van der Waals surface area (Å²) in [7, 11) is 0. The summed E-state index contributed by atoms with van der Waals surface area (Å²) in [6.07, 6.45) is 0.160. The molecular weight excluding hydrogens is 94.0 g/mol. The Bertz CT molecular complexity index is 55.7. The molecule has 0 heterocycles. The first-order valence-electron chi connectivity index (χ1n) is 2.09. The predicted octanol–water partition coefficient (Wildman–Crippen LogP) is -0.235. The van der Waals surface area contributed by atoms with Crippen molar-refractivity contribution in [2.75, 3.05) is 0 Å². The molecule has 3 heteroatoms. The smallest absolute Gasteiger partial charge is 0.419 e. The van der Waals surface area contributed by atoms with Crippen LogP contribution in [0.3, 0.4) is 0 Å². The van der Waals surface area contributed by atoms with Gasteiger partial charge in [-0.15, -0.1) is 0 Å². The maximum atomic E-state index is 9.35. The minimum Gasteiger partial charge on any atom is -0.438 e. The zero-order valence-electron chi connectivity index (χ0n) is 4.18. The Morgan fingerprint density at radius 2 is 2.57 bits per heavy atom. The van der Waals surface area contributed by atoms with Crippen molar-refractivity contribution >= 4 is 6.47 Å². The van der Waals surface area contributed by atoms with Gasteiger partial charge in [-0.2, -0.15) is 0 Å². The molecule has 0 saturated heterocycles. The van der Waals surface area contributed by atoms with Crippen LogP contribution in [0.25, 0.3) is 0 Å². The summed E-state index contributed by atoms with van der Waals surface area (Å²) in [6, 6.07) is 0. The van der Waals surface area contributed by atoms with E-state index < -0.39 is 6.23 Å². The van der Waals surface area contributed by atoms with Crippen molar-refractivity contribution in [2.24, 2.45) is 5.73 Å². The first-order chi connectivity index (χ1) is 3.31. The number of ether oxygens (including phenoxy) is 1. The minimum atomic E-state index is -0.475. The van der Waals surface area contributed by atoms with E-state index in [0.29, 0.717) is 6.42 Å². The normalized spacial score (nSPS) is 12.9. The van der Waals surface area contributed by atoms with E-state index in [4.69, 9.17) is 5.73 Å². The number of nitrogens with two attached hydrogens (primary N) is 1. The summed E-state index contributed by atoms with van der Waals surface area (Å²) >= 11 is 0. The fourth-order valence-electron chi connectivity index (χ4n) is 0.145. The molecule has 2 N–H and O–H groups in total. The molecule has 0 amide bonds. The molecule has 0 aromatic heterocycles. The highest BCUT2D eigenvalue weighted by molar-refractivity contribution is 5.38. The van der Waals surface area contributed by atoms with Gasteiger partial charge in [0.25, 0.3) is 0 Å². The Balaban J connectivity index is 2.98. The second kappa shape index (κ2) is 3.61. The lowest BCUT2D eigenvalue weighted by atomic mass is 10.4. The van der Waals surface area contributed by atoms with Gasteiger partial charge in [0, 0.05) is 0 Å². The molecule has 0 fully saturated rings. The summed E-state index contributed by atoms with van der Waals surface area (Å²) in [5.74, 6) is 0. The molecule has 0 aliphatic heterocycles. The second-order valence-corrected chi connectivity index (χ2v) is 1.15. The van der Waals surface area contributed by atoms with Crippen molar-refractivity contribution in [1.82, 2.24) is 0 Å². The molecule has 0 aliphatic carbocycles. The Labute approximate surface area is 42.4 Å². The summed E-state index contributed by atoms with van der Waals surface area (Å²) in [6.45, 7) is 3.06. The molecule has 0 rings (SSSR count). The zero-order chi connectivity index (χ0) is 5.70. The SMILES string of the molecule is CCC(N)O[C]=O. The molecule has 0 aromatic carbocycles. The molecule has 0 spiro atoms. The van der Waals surface area contributed by atoms with Crippen LogP contribution in [0.5, 0.6) is 0 Å². The molecule has 0 saturated carbocycles. The highest BCUT2D eigenvalue weighted by Gasteiger charge is 1.93. The van der Waals surface area contributed by atoms with E-state index in [1.807, 2.05) is 6.92 Å². The Morgan fingerprint density at radius 1 is 2.00 bits per heavy atom. The maximum absolute atomic E-state index is 9.35. The van der Waals surface area contributed by atoms with Crippen LogP contribution < -0.4 is 5.73 Å². The van der Waals surface area contributed by atoms with Gasteiger partial charge < -0.3 is 4.74 Å². The average Bonchev–Trinajstić information content (AvgIpc) is 1.68. The molecule has 0 aromatic rings. The Hall–Kier alpha value is -0.570. The molecule has 7 heavy (non-hydrogen) atoms. The van der Waals surface area contributed by atoms with Gasteiger partial charge in [-0.1, -0.05) is 6.92 Å². The molecular formula is C4H8NO2. The van der Waals surface area contributed by atoms with Crippen molar-refractivity contribution in [1.29, 1.82) is 0 Å². The number of hydrogen-bond donors (Lipinski definition) is 1. The van der Waals surface area contributed by atoms with Gasteiger partial charge in [-0.25, -0.2) is 4.79 Å². The third-order valence-corrected chi connectivity index (χ3v) is 0.602. The lowest BCUT2D eigenvalue weighted by molar-refractivity contribution is 0.179. The Kier molecular flexibility index (Phi) is 3.32. The standard InChI is InChI=1S/C4H8NO2/c1-2-4(5)7-3-6/h4H,2,5H2,1H3. The fourth-order valence-corrected chi connectivity index (χ4v) is 0.145. The summed E-state index contributed by atoms with van der Waals surface area (Å²) in [5.41, 5.74) is 5.10. The lowest BCUT2D eigenvalue weighted by Gasteiger charge is -2.01. The molecule has 41 valence electrons.